The molecule has 0 aliphatic heterocycles. The SMILES string of the molecule is CSc1ccc(COc2ccc(-c3cn(C(=O)NCC4CC(C)(C)C4)cn3)cc2)cc1. The molecule has 0 radical (unpaired) electrons. The molecule has 0 atom stereocenters. The van der Waals surface area contributed by atoms with E-state index in [0.29, 0.717) is 17.9 Å². The van der Waals surface area contributed by atoms with Crippen LogP contribution < -0.4 is 10.1 Å². The largest absolute Gasteiger partial charge is 0.489 e. The second-order valence-corrected chi connectivity index (χ2v) is 9.83. The summed E-state index contributed by atoms with van der Waals surface area (Å²) in [6.45, 7) is 5.79. The maximum atomic E-state index is 12.4. The van der Waals surface area contributed by atoms with Crippen molar-refractivity contribution < 1.29 is 9.53 Å². The number of hydrogen-bond donors (Lipinski definition) is 1. The number of nitrogens with zero attached hydrogens (tertiary/aromatic N) is 2. The van der Waals surface area contributed by atoms with Crippen LogP contribution in [0.25, 0.3) is 11.3 Å². The molecule has 162 valence electrons. The molecule has 1 heterocycles. The first-order valence-corrected chi connectivity index (χ1v) is 11.8. The minimum atomic E-state index is -0.129. The summed E-state index contributed by atoms with van der Waals surface area (Å²) in [6.07, 6.45) is 7.74. The van der Waals surface area contributed by atoms with Crippen LogP contribution >= 0.6 is 11.8 Å². The smallest absolute Gasteiger partial charge is 0.326 e. The Hall–Kier alpha value is -2.73. The van der Waals surface area contributed by atoms with Crippen molar-refractivity contribution >= 4 is 17.8 Å². The van der Waals surface area contributed by atoms with Crippen molar-refractivity contribution in [3.63, 3.8) is 0 Å². The molecule has 31 heavy (non-hydrogen) atoms. The second-order valence-electron chi connectivity index (χ2n) is 8.95. The number of rotatable bonds is 7. The molecule has 1 amide bonds. The van der Waals surface area contributed by atoms with Crippen molar-refractivity contribution in [1.29, 1.82) is 0 Å². The van der Waals surface area contributed by atoms with Crippen molar-refractivity contribution in [1.82, 2.24) is 14.9 Å². The lowest BCUT2D eigenvalue weighted by Gasteiger charge is -2.42. The molecule has 1 saturated carbocycles. The number of carbonyl (C=O) groups excluding carboxylic acids is 1. The third-order valence-electron chi connectivity index (χ3n) is 5.76. The van der Waals surface area contributed by atoms with Gasteiger partial charge < -0.3 is 10.1 Å². The van der Waals surface area contributed by atoms with E-state index in [-0.39, 0.29) is 6.03 Å². The van der Waals surface area contributed by atoms with Crippen LogP contribution in [0.1, 0.15) is 32.3 Å². The van der Waals surface area contributed by atoms with Crippen LogP contribution in [-0.4, -0.2) is 28.4 Å². The van der Waals surface area contributed by atoms with Crippen LogP contribution in [0.3, 0.4) is 0 Å². The second kappa shape index (κ2) is 9.18. The molecule has 1 N–H and O–H groups in total. The predicted octanol–water partition coefficient (Wildman–Crippen LogP) is 5.84. The van der Waals surface area contributed by atoms with E-state index in [4.69, 9.17) is 4.74 Å². The standard InChI is InChI=1S/C25H29N3O2S/c1-25(2)12-19(13-25)14-26-24(29)28-15-23(27-17-28)20-6-8-21(9-7-20)30-16-18-4-10-22(31-3)11-5-18/h4-11,15,17,19H,12-14,16H2,1-3H3,(H,26,29). The third-order valence-corrected chi connectivity index (χ3v) is 6.50. The monoisotopic (exact) mass is 435 g/mol. The first-order chi connectivity index (χ1) is 14.9. The number of thioether (sulfide) groups is 1. The fourth-order valence-electron chi connectivity index (χ4n) is 4.16. The van der Waals surface area contributed by atoms with Gasteiger partial charge in [-0.15, -0.1) is 11.8 Å². The normalized spacial score (nSPS) is 15.3. The van der Waals surface area contributed by atoms with Crippen LogP contribution in [0.5, 0.6) is 5.75 Å². The van der Waals surface area contributed by atoms with E-state index in [9.17, 15) is 4.79 Å². The van der Waals surface area contributed by atoms with E-state index in [1.54, 1.807) is 24.3 Å². The van der Waals surface area contributed by atoms with Gasteiger partial charge in [0.25, 0.3) is 0 Å². The highest BCUT2D eigenvalue weighted by Gasteiger charge is 2.35. The van der Waals surface area contributed by atoms with Crippen LogP contribution in [0.15, 0.2) is 66.0 Å². The number of amides is 1. The molecule has 1 aromatic heterocycles. The summed E-state index contributed by atoms with van der Waals surface area (Å²) in [5.41, 5.74) is 3.27. The molecule has 0 spiro atoms. The van der Waals surface area contributed by atoms with Gasteiger partial charge in [0.15, 0.2) is 0 Å². The summed E-state index contributed by atoms with van der Waals surface area (Å²) in [4.78, 5) is 18.0. The average molecular weight is 436 g/mol. The van der Waals surface area contributed by atoms with Crippen molar-refractivity contribution in [2.24, 2.45) is 11.3 Å². The van der Waals surface area contributed by atoms with Crippen LogP contribution in [0.2, 0.25) is 0 Å². The molecule has 0 saturated heterocycles. The van der Waals surface area contributed by atoms with Gasteiger partial charge in [-0.1, -0.05) is 26.0 Å². The van der Waals surface area contributed by atoms with Gasteiger partial charge in [-0.3, -0.25) is 4.57 Å². The topological polar surface area (TPSA) is 56.1 Å². The van der Waals surface area contributed by atoms with Gasteiger partial charge in [-0.2, -0.15) is 0 Å². The van der Waals surface area contributed by atoms with Gasteiger partial charge in [0.2, 0.25) is 0 Å². The molecule has 4 rings (SSSR count). The van der Waals surface area contributed by atoms with Gasteiger partial charge in [0.05, 0.1) is 5.69 Å². The van der Waals surface area contributed by atoms with E-state index in [1.807, 2.05) is 24.3 Å². The van der Waals surface area contributed by atoms with Crippen molar-refractivity contribution in [2.45, 2.75) is 38.2 Å². The van der Waals surface area contributed by atoms with E-state index in [0.717, 1.165) is 29.1 Å². The lowest BCUT2D eigenvalue weighted by Crippen LogP contribution is -2.41. The van der Waals surface area contributed by atoms with E-state index < -0.39 is 0 Å². The Bertz CT molecular complexity index is 1020. The summed E-state index contributed by atoms with van der Waals surface area (Å²) in [7, 11) is 0. The number of hydrogen-bond acceptors (Lipinski definition) is 4. The molecule has 0 bridgehead atoms. The summed E-state index contributed by atoms with van der Waals surface area (Å²) < 4.78 is 7.40. The zero-order valence-corrected chi connectivity index (χ0v) is 19.1. The van der Waals surface area contributed by atoms with E-state index >= 15 is 0 Å². The minimum absolute atomic E-state index is 0.129. The molecule has 1 fully saturated rings. The maximum Gasteiger partial charge on any atom is 0.326 e. The predicted molar refractivity (Wildman–Crippen MR) is 126 cm³/mol. The van der Waals surface area contributed by atoms with Crippen LogP contribution in [0, 0.1) is 11.3 Å². The number of carbonyl (C=O) groups is 1. The lowest BCUT2D eigenvalue weighted by atomic mass is 9.64. The van der Waals surface area contributed by atoms with Crippen LogP contribution in [0.4, 0.5) is 4.79 Å². The molecule has 1 aliphatic carbocycles. The molecule has 6 heteroatoms. The van der Waals surface area contributed by atoms with Crippen molar-refractivity contribution in [2.75, 3.05) is 12.8 Å². The first-order valence-electron chi connectivity index (χ1n) is 10.6. The average Bonchev–Trinajstić information content (AvgIpc) is 3.25. The first kappa shape index (κ1) is 21.5. The Labute approximate surface area is 188 Å². The highest BCUT2D eigenvalue weighted by atomic mass is 32.2. The van der Waals surface area contributed by atoms with Crippen molar-refractivity contribution in [3.05, 3.63) is 66.6 Å². The molecule has 0 unspecified atom stereocenters. The number of imidazole rings is 1. The van der Waals surface area contributed by atoms with Crippen molar-refractivity contribution in [3.8, 4) is 17.0 Å². The molecular weight excluding hydrogens is 406 g/mol. The fourth-order valence-corrected chi connectivity index (χ4v) is 4.57. The molecule has 5 nitrogen and oxygen atoms in total. The quantitative estimate of drug-likeness (QED) is 0.473. The van der Waals surface area contributed by atoms with Gasteiger partial charge in [0, 0.05) is 23.2 Å². The van der Waals surface area contributed by atoms with Gasteiger partial charge in [-0.25, -0.2) is 9.78 Å². The molecule has 1 aliphatic rings. The molecular formula is C25H29N3O2S. The number of benzene rings is 2. The molecule has 3 aromatic rings. The Morgan fingerprint density at radius 2 is 1.87 bits per heavy atom. The third kappa shape index (κ3) is 5.50. The summed E-state index contributed by atoms with van der Waals surface area (Å²) in [6, 6.07) is 16.0. The zero-order chi connectivity index (χ0) is 21.8. The van der Waals surface area contributed by atoms with Gasteiger partial charge >= 0.3 is 6.03 Å². The zero-order valence-electron chi connectivity index (χ0n) is 18.3. The number of aromatic nitrogens is 2. The number of ether oxygens (including phenoxy) is 1. The van der Waals surface area contributed by atoms with Crippen LogP contribution in [-0.2, 0) is 6.61 Å². The summed E-state index contributed by atoms with van der Waals surface area (Å²) in [5, 5.41) is 3.01. The summed E-state index contributed by atoms with van der Waals surface area (Å²) >= 11 is 1.73. The maximum absolute atomic E-state index is 12.4. The highest BCUT2D eigenvalue weighted by molar-refractivity contribution is 7.98. The number of nitrogens with one attached hydrogen (secondary N) is 1. The van der Waals surface area contributed by atoms with E-state index in [2.05, 4.69) is 54.7 Å². The summed E-state index contributed by atoms with van der Waals surface area (Å²) in [5.74, 6) is 1.39. The lowest BCUT2D eigenvalue weighted by molar-refractivity contribution is 0.0974. The fraction of sp³-hybridized carbons (Fsp3) is 0.360. The highest BCUT2D eigenvalue weighted by Crippen LogP contribution is 2.44. The van der Waals surface area contributed by atoms with Gasteiger partial charge in [-0.05, 0) is 72.4 Å². The Morgan fingerprint density at radius 1 is 1.16 bits per heavy atom. The minimum Gasteiger partial charge on any atom is -0.489 e. The Morgan fingerprint density at radius 3 is 2.52 bits per heavy atom. The van der Waals surface area contributed by atoms with Gasteiger partial charge in [0.1, 0.15) is 18.7 Å². The van der Waals surface area contributed by atoms with E-state index in [1.165, 1.54) is 22.3 Å². The Balaban J connectivity index is 1.29. The molecule has 2 aromatic carbocycles. The Kier molecular flexibility index (Phi) is 6.37.